The average Bonchev–Trinajstić information content (AvgIpc) is 1.35. The number of hydrogen-bond acceptors (Lipinski definition) is 0. The highest BCUT2D eigenvalue weighted by molar-refractivity contribution is 7.85. The van der Waals surface area contributed by atoms with Crippen LogP contribution in [0.4, 0.5) is 0 Å². The summed E-state index contributed by atoms with van der Waals surface area (Å²) < 4.78 is -1.17. The molecule has 0 heterocycles. The van der Waals surface area contributed by atoms with Crippen LogP contribution in [0.5, 0.6) is 0 Å². The maximum Gasteiger partial charge on any atom is 0.191 e. The van der Waals surface area contributed by atoms with Crippen LogP contribution in [-0.4, -0.2) is 3.67 Å². The lowest BCUT2D eigenvalue weighted by molar-refractivity contribution is 1.53. The molecule has 0 spiro atoms. The van der Waals surface area contributed by atoms with Crippen LogP contribution in [0.3, 0.4) is 0 Å². The van der Waals surface area contributed by atoms with Gasteiger partial charge >= 0.3 is 0 Å². The van der Waals surface area contributed by atoms with Gasteiger partial charge in [0, 0.05) is 0 Å². The maximum absolute atomic E-state index is 5.18. The van der Waals surface area contributed by atoms with E-state index in [4.69, 9.17) is 23.2 Å². The highest BCUT2D eigenvalue weighted by Crippen LogP contribution is 2.25. The third kappa shape index (κ3) is 4.67. The van der Waals surface area contributed by atoms with Gasteiger partial charge in [-0.15, -0.1) is 0 Å². The highest BCUT2D eigenvalue weighted by atomic mass is 35.5. The van der Waals surface area contributed by atoms with Crippen molar-refractivity contribution in [2.45, 2.75) is 3.67 Å². The molecular weight excluding hydrogens is 139 g/mol. The van der Waals surface area contributed by atoms with Crippen LogP contribution in [0.1, 0.15) is 0 Å². The number of halogens is 2. The minimum atomic E-state index is -1.17. The summed E-state index contributed by atoms with van der Waals surface area (Å²) in [6, 6.07) is 0. The Morgan fingerprint density at radius 1 is 1.67 bits per heavy atom. The van der Waals surface area contributed by atoms with E-state index in [1.54, 1.807) is 0 Å². The molecule has 3 heteroatoms. The summed E-state index contributed by atoms with van der Waals surface area (Å²) in [6.07, 6.45) is 1.28. The topological polar surface area (TPSA) is 0 Å². The Balaban J connectivity index is 3.45. The molecule has 0 aliphatic heterocycles. The fourth-order valence-electron chi connectivity index (χ4n) is 0. The molecule has 0 rings (SSSR count). The fourth-order valence-corrected chi connectivity index (χ4v) is 0. The lowest BCUT2D eigenvalue weighted by Crippen LogP contribution is -1.91. The van der Waals surface area contributed by atoms with Gasteiger partial charge in [0.1, 0.15) is 0 Å². The standard InChI is InChI=1S/C3H3Cl2S/c1-2-3(4,5)6/h2H,1H2. The zero-order chi connectivity index (χ0) is 5.21. The summed E-state index contributed by atoms with van der Waals surface area (Å²) >= 11 is 14.8. The Hall–Kier alpha value is 0.670. The van der Waals surface area contributed by atoms with E-state index in [9.17, 15) is 0 Å². The minimum Gasteiger partial charge on any atom is -0.0992 e. The first-order valence-electron chi connectivity index (χ1n) is 1.28. The van der Waals surface area contributed by atoms with E-state index in [1.807, 2.05) is 0 Å². The van der Waals surface area contributed by atoms with E-state index < -0.39 is 3.67 Å². The molecular formula is C3H3Cl2S. The smallest absolute Gasteiger partial charge is 0.0992 e. The van der Waals surface area contributed by atoms with Crippen LogP contribution in [0.15, 0.2) is 12.7 Å². The Bertz CT molecular complexity index is 54.3. The van der Waals surface area contributed by atoms with E-state index in [1.165, 1.54) is 6.08 Å². The van der Waals surface area contributed by atoms with Crippen LogP contribution in [0.25, 0.3) is 0 Å². The second-order valence-corrected chi connectivity index (χ2v) is 3.24. The monoisotopic (exact) mass is 141 g/mol. The number of rotatable bonds is 1. The first kappa shape index (κ1) is 6.67. The van der Waals surface area contributed by atoms with Gasteiger partial charge in [-0.05, 0) is 18.7 Å². The van der Waals surface area contributed by atoms with Crippen LogP contribution < -0.4 is 0 Å². The molecule has 0 unspecified atom stereocenters. The Morgan fingerprint density at radius 3 is 1.83 bits per heavy atom. The summed E-state index contributed by atoms with van der Waals surface area (Å²) in [5.74, 6) is 0. The van der Waals surface area contributed by atoms with E-state index >= 15 is 0 Å². The molecule has 35 valence electrons. The molecule has 0 aromatic carbocycles. The molecule has 0 aliphatic rings. The van der Waals surface area contributed by atoms with Gasteiger partial charge in [-0.2, -0.15) is 0 Å². The van der Waals surface area contributed by atoms with E-state index in [0.29, 0.717) is 0 Å². The van der Waals surface area contributed by atoms with Gasteiger partial charge in [-0.1, -0.05) is 29.8 Å². The zero-order valence-corrected chi connectivity index (χ0v) is 5.28. The second kappa shape index (κ2) is 2.10. The normalized spacial score (nSPS) is 11.2. The van der Waals surface area contributed by atoms with E-state index in [2.05, 4.69) is 19.2 Å². The Morgan fingerprint density at radius 2 is 1.83 bits per heavy atom. The van der Waals surface area contributed by atoms with E-state index in [0.717, 1.165) is 0 Å². The van der Waals surface area contributed by atoms with Gasteiger partial charge in [-0.3, -0.25) is 0 Å². The van der Waals surface area contributed by atoms with Gasteiger partial charge in [0.25, 0.3) is 0 Å². The van der Waals surface area contributed by atoms with Crippen molar-refractivity contribution in [1.29, 1.82) is 0 Å². The maximum atomic E-state index is 5.18. The second-order valence-electron chi connectivity index (χ2n) is 0.766. The lowest BCUT2D eigenvalue weighted by atomic mass is 10.7. The van der Waals surface area contributed by atoms with Gasteiger partial charge in [-0.25, -0.2) is 0 Å². The van der Waals surface area contributed by atoms with Crippen LogP contribution >= 0.6 is 35.8 Å². The van der Waals surface area contributed by atoms with Crippen LogP contribution in [0.2, 0.25) is 0 Å². The predicted molar refractivity (Wildman–Crippen MR) is 32.2 cm³/mol. The predicted octanol–water partition coefficient (Wildman–Crippen LogP) is 2.50. The van der Waals surface area contributed by atoms with Crippen molar-refractivity contribution in [2.75, 3.05) is 0 Å². The first-order chi connectivity index (χ1) is 2.56. The molecule has 0 aromatic heterocycles. The molecule has 0 nitrogen and oxygen atoms in total. The summed E-state index contributed by atoms with van der Waals surface area (Å²) in [5, 5.41) is 0. The molecule has 1 radical (unpaired) electrons. The van der Waals surface area contributed by atoms with Crippen molar-refractivity contribution in [3.63, 3.8) is 0 Å². The largest absolute Gasteiger partial charge is 0.191 e. The molecule has 0 saturated heterocycles. The van der Waals surface area contributed by atoms with Gasteiger partial charge in [0.2, 0.25) is 0 Å². The lowest BCUT2D eigenvalue weighted by Gasteiger charge is -1.98. The zero-order valence-electron chi connectivity index (χ0n) is 2.95. The van der Waals surface area contributed by atoms with Crippen molar-refractivity contribution in [2.24, 2.45) is 0 Å². The molecule has 0 saturated carbocycles. The summed E-state index contributed by atoms with van der Waals surface area (Å²) in [5.41, 5.74) is 0. The third-order valence-corrected chi connectivity index (χ3v) is 0.713. The molecule has 0 aromatic rings. The van der Waals surface area contributed by atoms with Crippen molar-refractivity contribution in [3.05, 3.63) is 12.7 Å². The molecule has 0 fully saturated rings. The van der Waals surface area contributed by atoms with Crippen molar-refractivity contribution < 1.29 is 0 Å². The van der Waals surface area contributed by atoms with Crippen molar-refractivity contribution >= 4 is 35.8 Å². The first-order valence-corrected chi connectivity index (χ1v) is 2.44. The molecule has 6 heavy (non-hydrogen) atoms. The quantitative estimate of drug-likeness (QED) is 0.389. The van der Waals surface area contributed by atoms with Crippen molar-refractivity contribution in [3.8, 4) is 0 Å². The molecule has 0 bridgehead atoms. The van der Waals surface area contributed by atoms with Crippen LogP contribution in [-0.2, 0) is 0 Å². The van der Waals surface area contributed by atoms with Crippen molar-refractivity contribution in [1.82, 2.24) is 0 Å². The van der Waals surface area contributed by atoms with Crippen LogP contribution in [0, 0.1) is 0 Å². The third-order valence-electron chi connectivity index (χ3n) is 0.238. The summed E-state index contributed by atoms with van der Waals surface area (Å²) in [6.45, 7) is 3.26. The SMILES string of the molecule is C=CC([S])(Cl)Cl. The highest BCUT2D eigenvalue weighted by Gasteiger charge is 2.10. The van der Waals surface area contributed by atoms with Gasteiger partial charge in [0.05, 0.1) is 0 Å². The summed E-state index contributed by atoms with van der Waals surface area (Å²) in [7, 11) is 0. The molecule has 0 N–H and O–H groups in total. The minimum absolute atomic E-state index is 1.17. The molecule has 0 aliphatic carbocycles. The Kier molecular flexibility index (Phi) is 2.34. The fraction of sp³-hybridized carbons (Fsp3) is 0.333. The summed E-state index contributed by atoms with van der Waals surface area (Å²) in [4.78, 5) is 0. The Labute approximate surface area is 52.5 Å². The molecule has 0 atom stereocenters. The average molecular weight is 142 g/mol. The number of hydrogen-bond donors (Lipinski definition) is 0. The van der Waals surface area contributed by atoms with Gasteiger partial charge < -0.3 is 0 Å². The van der Waals surface area contributed by atoms with E-state index in [-0.39, 0.29) is 0 Å². The van der Waals surface area contributed by atoms with Gasteiger partial charge in [0.15, 0.2) is 3.67 Å². The number of alkyl halides is 2. The molecule has 0 amide bonds.